The minimum atomic E-state index is -0.234. The van der Waals surface area contributed by atoms with Gasteiger partial charge in [0.2, 0.25) is 0 Å². The van der Waals surface area contributed by atoms with E-state index < -0.39 is 0 Å². The number of nitrogens with zero attached hydrogens (tertiary/aromatic N) is 2. The van der Waals surface area contributed by atoms with E-state index in [1.54, 1.807) is 28.7 Å². The molecule has 0 N–H and O–H groups in total. The fourth-order valence-electron chi connectivity index (χ4n) is 1.96. The van der Waals surface area contributed by atoms with Crippen LogP contribution in [0.1, 0.15) is 35.3 Å². The first-order chi connectivity index (χ1) is 10.5. The molecule has 0 aliphatic carbocycles. The summed E-state index contributed by atoms with van der Waals surface area (Å²) in [7, 11) is 0. The van der Waals surface area contributed by atoms with Crippen LogP contribution in [0.25, 0.3) is 6.08 Å². The van der Waals surface area contributed by atoms with E-state index in [1.165, 1.54) is 4.90 Å². The topological polar surface area (TPSA) is 50.3 Å². The Balaban J connectivity index is 1.77. The van der Waals surface area contributed by atoms with Crippen LogP contribution in [0.15, 0.2) is 27.8 Å². The van der Waals surface area contributed by atoms with Crippen LogP contribution in [0, 0.1) is 0 Å². The molecular weight excluding hydrogens is 336 g/mol. The number of imide groups is 1. The first-order valence-corrected chi connectivity index (χ1v) is 9.35. The molecule has 0 bridgehead atoms. The minimum Gasteiger partial charge on any atom is -0.268 e. The summed E-state index contributed by atoms with van der Waals surface area (Å²) in [4.78, 5) is 31.7. The van der Waals surface area contributed by atoms with Gasteiger partial charge in [0, 0.05) is 16.2 Å². The molecule has 7 heteroatoms. The fraction of sp³-hybridized carbons (Fsp3) is 0.267. The molecular formula is C15H14N2O2S3. The predicted octanol–water partition coefficient (Wildman–Crippen LogP) is 4.56. The van der Waals surface area contributed by atoms with Crippen molar-refractivity contribution in [1.82, 2.24) is 9.88 Å². The van der Waals surface area contributed by atoms with E-state index in [1.807, 2.05) is 22.9 Å². The van der Waals surface area contributed by atoms with Gasteiger partial charge in [0.15, 0.2) is 0 Å². The molecule has 1 aliphatic heterocycles. The van der Waals surface area contributed by atoms with E-state index in [-0.39, 0.29) is 17.7 Å². The third-order valence-corrected chi connectivity index (χ3v) is 5.99. The lowest BCUT2D eigenvalue weighted by Gasteiger charge is -2.10. The normalized spacial score (nSPS) is 17.2. The lowest BCUT2D eigenvalue weighted by atomic mass is 10.2. The zero-order valence-corrected chi connectivity index (χ0v) is 14.6. The maximum Gasteiger partial charge on any atom is 0.293 e. The summed E-state index contributed by atoms with van der Waals surface area (Å²) >= 11 is 4.10. The summed E-state index contributed by atoms with van der Waals surface area (Å²) in [5.41, 5.74) is 0.772. The molecule has 1 saturated heterocycles. The first kappa shape index (κ1) is 15.5. The van der Waals surface area contributed by atoms with Gasteiger partial charge in [-0.05, 0) is 29.3 Å². The predicted molar refractivity (Wildman–Crippen MR) is 92.0 cm³/mol. The molecule has 114 valence electrons. The second kappa shape index (κ2) is 6.36. The smallest absolute Gasteiger partial charge is 0.268 e. The van der Waals surface area contributed by atoms with Crippen molar-refractivity contribution in [2.45, 2.75) is 26.3 Å². The van der Waals surface area contributed by atoms with Crippen molar-refractivity contribution in [1.29, 1.82) is 0 Å². The zero-order chi connectivity index (χ0) is 15.7. The number of hydrogen-bond acceptors (Lipinski definition) is 6. The summed E-state index contributed by atoms with van der Waals surface area (Å²) in [6.07, 6.45) is 1.77. The Morgan fingerprint density at radius 3 is 2.77 bits per heavy atom. The van der Waals surface area contributed by atoms with Gasteiger partial charge in [-0.25, -0.2) is 4.98 Å². The molecule has 0 aromatic carbocycles. The molecule has 3 rings (SSSR count). The largest absolute Gasteiger partial charge is 0.293 e. The zero-order valence-electron chi connectivity index (χ0n) is 12.1. The van der Waals surface area contributed by atoms with Crippen molar-refractivity contribution in [3.8, 4) is 0 Å². The number of thiophene rings is 1. The average Bonchev–Trinajstić information content (AvgIpc) is 3.18. The van der Waals surface area contributed by atoms with Crippen molar-refractivity contribution in [2.24, 2.45) is 0 Å². The number of thiazole rings is 1. The standard InChI is InChI=1S/C15H14N2O2S3/c1-9(2)13-16-10(8-21-13)7-17-14(18)12(22-15(17)19)6-11-4-3-5-20-11/h3-6,8-9H,7H2,1-2H3/b12-6-. The number of amides is 2. The van der Waals surface area contributed by atoms with Crippen LogP contribution in [0.3, 0.4) is 0 Å². The Morgan fingerprint density at radius 2 is 2.14 bits per heavy atom. The van der Waals surface area contributed by atoms with Crippen LogP contribution < -0.4 is 0 Å². The van der Waals surface area contributed by atoms with Crippen LogP contribution in [0.5, 0.6) is 0 Å². The minimum absolute atomic E-state index is 0.230. The van der Waals surface area contributed by atoms with E-state index in [0.717, 1.165) is 27.3 Å². The van der Waals surface area contributed by atoms with Crippen molar-refractivity contribution in [2.75, 3.05) is 0 Å². The maximum atomic E-state index is 12.4. The van der Waals surface area contributed by atoms with Gasteiger partial charge in [-0.2, -0.15) is 0 Å². The highest BCUT2D eigenvalue weighted by molar-refractivity contribution is 8.18. The molecule has 0 saturated carbocycles. The Bertz CT molecular complexity index is 732. The Labute approximate surface area is 140 Å². The lowest BCUT2D eigenvalue weighted by molar-refractivity contribution is -0.123. The van der Waals surface area contributed by atoms with Crippen LogP contribution in [0.2, 0.25) is 0 Å². The molecule has 4 nitrogen and oxygen atoms in total. The lowest BCUT2D eigenvalue weighted by Crippen LogP contribution is -2.27. The second-order valence-corrected chi connectivity index (χ2v) is 7.98. The molecule has 3 heterocycles. The maximum absolute atomic E-state index is 12.4. The highest BCUT2D eigenvalue weighted by Gasteiger charge is 2.35. The van der Waals surface area contributed by atoms with Gasteiger partial charge in [-0.3, -0.25) is 14.5 Å². The molecule has 0 radical (unpaired) electrons. The van der Waals surface area contributed by atoms with E-state index in [4.69, 9.17) is 0 Å². The van der Waals surface area contributed by atoms with E-state index in [0.29, 0.717) is 10.8 Å². The van der Waals surface area contributed by atoms with Gasteiger partial charge in [0.25, 0.3) is 11.1 Å². The molecule has 2 aromatic heterocycles. The van der Waals surface area contributed by atoms with Crippen LogP contribution in [-0.4, -0.2) is 21.0 Å². The van der Waals surface area contributed by atoms with Gasteiger partial charge >= 0.3 is 0 Å². The average molecular weight is 350 g/mol. The summed E-state index contributed by atoms with van der Waals surface area (Å²) in [6, 6.07) is 3.84. The fourth-order valence-corrected chi connectivity index (χ4v) is 4.35. The molecule has 0 unspecified atom stereocenters. The molecule has 0 atom stereocenters. The van der Waals surface area contributed by atoms with Gasteiger partial charge in [0.05, 0.1) is 22.2 Å². The Kier molecular flexibility index (Phi) is 4.46. The molecule has 1 aliphatic rings. The monoisotopic (exact) mass is 350 g/mol. The summed E-state index contributed by atoms with van der Waals surface area (Å²) in [5, 5.41) is 4.66. The Morgan fingerprint density at radius 1 is 1.32 bits per heavy atom. The molecule has 2 amide bonds. The van der Waals surface area contributed by atoms with Gasteiger partial charge in [0.1, 0.15) is 0 Å². The second-order valence-electron chi connectivity index (χ2n) is 5.12. The number of carbonyl (C=O) groups is 2. The third kappa shape index (κ3) is 3.16. The molecule has 22 heavy (non-hydrogen) atoms. The summed E-state index contributed by atoms with van der Waals surface area (Å²) in [5.74, 6) is 0.120. The van der Waals surface area contributed by atoms with E-state index >= 15 is 0 Å². The number of carbonyl (C=O) groups excluding carboxylic acids is 2. The van der Waals surface area contributed by atoms with Crippen LogP contribution in [-0.2, 0) is 11.3 Å². The van der Waals surface area contributed by atoms with Crippen molar-refractivity contribution < 1.29 is 9.59 Å². The van der Waals surface area contributed by atoms with Gasteiger partial charge in [-0.15, -0.1) is 22.7 Å². The number of rotatable bonds is 4. The first-order valence-electron chi connectivity index (χ1n) is 6.78. The SMILES string of the molecule is CC(C)c1nc(CN2C(=O)S/C(=C\c3cccs3)C2=O)cs1. The van der Waals surface area contributed by atoms with Gasteiger partial charge < -0.3 is 0 Å². The number of aromatic nitrogens is 1. The van der Waals surface area contributed by atoms with Gasteiger partial charge in [-0.1, -0.05) is 19.9 Å². The van der Waals surface area contributed by atoms with Crippen LogP contribution >= 0.6 is 34.4 Å². The quantitative estimate of drug-likeness (QED) is 0.758. The number of thioether (sulfide) groups is 1. The molecule has 1 fully saturated rings. The van der Waals surface area contributed by atoms with E-state index in [9.17, 15) is 9.59 Å². The highest BCUT2D eigenvalue weighted by Crippen LogP contribution is 2.34. The summed E-state index contributed by atoms with van der Waals surface area (Å²) in [6.45, 7) is 4.40. The van der Waals surface area contributed by atoms with Crippen molar-refractivity contribution in [3.05, 3.63) is 43.4 Å². The van der Waals surface area contributed by atoms with Crippen molar-refractivity contribution >= 4 is 51.7 Å². The van der Waals surface area contributed by atoms with E-state index in [2.05, 4.69) is 18.8 Å². The molecule has 2 aromatic rings. The number of hydrogen-bond donors (Lipinski definition) is 0. The summed E-state index contributed by atoms with van der Waals surface area (Å²) < 4.78 is 0. The highest BCUT2D eigenvalue weighted by atomic mass is 32.2. The Hall–Kier alpha value is -1.44. The van der Waals surface area contributed by atoms with Crippen LogP contribution in [0.4, 0.5) is 4.79 Å². The van der Waals surface area contributed by atoms with Crippen molar-refractivity contribution in [3.63, 3.8) is 0 Å². The third-order valence-electron chi connectivity index (χ3n) is 3.07. The molecule has 0 spiro atoms.